The third kappa shape index (κ3) is 4.51. The minimum atomic E-state index is -1.06. The Labute approximate surface area is 163 Å². The van der Waals surface area contributed by atoms with E-state index in [1.807, 2.05) is 18.2 Å². The van der Waals surface area contributed by atoms with Crippen LogP contribution in [-0.2, 0) is 24.5 Å². The van der Waals surface area contributed by atoms with Crippen LogP contribution in [0.5, 0.6) is 5.75 Å². The van der Waals surface area contributed by atoms with E-state index in [4.69, 9.17) is 9.84 Å². The number of hydrogen-bond donors (Lipinski definition) is 1. The number of aryl methyl sites for hydroxylation is 1. The molecule has 0 unspecified atom stereocenters. The summed E-state index contributed by atoms with van der Waals surface area (Å²) >= 11 is 0.978. The number of alkyl halides is 1. The monoisotopic (exact) mass is 407 g/mol. The van der Waals surface area contributed by atoms with Crippen LogP contribution < -0.4 is 4.74 Å². The van der Waals surface area contributed by atoms with Gasteiger partial charge in [0.05, 0.1) is 10.6 Å². The van der Waals surface area contributed by atoms with Gasteiger partial charge in [-0.15, -0.1) is 0 Å². The zero-order valence-corrected chi connectivity index (χ0v) is 15.4. The van der Waals surface area contributed by atoms with E-state index in [0.717, 1.165) is 29.2 Å². The molecule has 1 aromatic heterocycles. The molecule has 0 spiro atoms. The average Bonchev–Trinajstić information content (AvgIpc) is 3.09. The normalized spacial score (nSPS) is 10.8. The lowest BCUT2D eigenvalue weighted by Gasteiger charge is -2.11. The Morgan fingerprint density at radius 2 is 1.82 bits per heavy atom. The minimum Gasteiger partial charge on any atom is -0.483 e. The first kappa shape index (κ1) is 19.9. The highest BCUT2D eigenvalue weighted by molar-refractivity contribution is 7.06. The number of carbonyl (C=O) groups is 1. The highest BCUT2D eigenvalue weighted by Gasteiger charge is 2.19. The summed E-state index contributed by atoms with van der Waals surface area (Å²) in [5.74, 6) is -3.52. The molecule has 0 saturated heterocycles. The second-order valence-corrected chi connectivity index (χ2v) is 6.86. The first-order valence-corrected chi connectivity index (χ1v) is 9.18. The van der Waals surface area contributed by atoms with Gasteiger partial charge in [-0.1, -0.05) is 30.3 Å². The second-order valence-electron chi connectivity index (χ2n) is 6.00. The number of carboxylic acid groups (broad SMARTS) is 1. The molecule has 3 rings (SSSR count). The predicted octanol–water partition coefficient (Wildman–Crippen LogP) is 5.15. The summed E-state index contributed by atoms with van der Waals surface area (Å²) in [6, 6.07) is 11.1. The molecule has 146 valence electrons. The summed E-state index contributed by atoms with van der Waals surface area (Å²) < 4.78 is 51.4. The molecule has 0 aliphatic carbocycles. The molecule has 0 radical (unpaired) electrons. The summed E-state index contributed by atoms with van der Waals surface area (Å²) in [4.78, 5) is 10.9. The van der Waals surface area contributed by atoms with Crippen molar-refractivity contribution in [2.75, 3.05) is 0 Å². The fraction of sp³-hybridized carbons (Fsp3) is 0.200. The molecule has 1 heterocycles. The lowest BCUT2D eigenvalue weighted by atomic mass is 10.1. The Bertz CT molecular complexity index is 953. The number of hydrogen-bond acceptors (Lipinski definition) is 4. The molecule has 0 aliphatic heterocycles. The minimum absolute atomic E-state index is 0.00204. The number of aliphatic carboxylic acids is 1. The van der Waals surface area contributed by atoms with E-state index >= 15 is 0 Å². The second kappa shape index (κ2) is 8.88. The van der Waals surface area contributed by atoms with E-state index in [-0.39, 0.29) is 25.0 Å². The largest absolute Gasteiger partial charge is 0.483 e. The van der Waals surface area contributed by atoms with Crippen LogP contribution in [0.3, 0.4) is 0 Å². The maximum Gasteiger partial charge on any atom is 0.303 e. The van der Waals surface area contributed by atoms with Gasteiger partial charge in [-0.25, -0.2) is 13.2 Å². The molecule has 0 atom stereocenters. The van der Waals surface area contributed by atoms with E-state index in [1.165, 1.54) is 0 Å². The molecule has 0 aliphatic rings. The van der Waals surface area contributed by atoms with Crippen LogP contribution in [0, 0.1) is 11.6 Å². The number of aromatic nitrogens is 1. The summed E-state index contributed by atoms with van der Waals surface area (Å²) in [5.41, 5.74) is 1.92. The van der Waals surface area contributed by atoms with Gasteiger partial charge < -0.3 is 9.84 Å². The average molecular weight is 407 g/mol. The fourth-order valence-corrected chi connectivity index (χ4v) is 3.44. The Morgan fingerprint density at radius 1 is 1.14 bits per heavy atom. The Hall–Kier alpha value is -2.87. The third-order valence-corrected chi connectivity index (χ3v) is 4.93. The molecule has 0 fully saturated rings. The van der Waals surface area contributed by atoms with E-state index in [1.54, 1.807) is 12.1 Å². The molecule has 4 nitrogen and oxygen atoms in total. The van der Waals surface area contributed by atoms with Gasteiger partial charge in [-0.2, -0.15) is 4.37 Å². The highest BCUT2D eigenvalue weighted by Crippen LogP contribution is 2.31. The Balaban J connectivity index is 1.83. The fourth-order valence-electron chi connectivity index (χ4n) is 2.71. The van der Waals surface area contributed by atoms with Crippen molar-refractivity contribution in [3.05, 3.63) is 70.1 Å². The van der Waals surface area contributed by atoms with Crippen molar-refractivity contribution in [2.45, 2.75) is 26.1 Å². The molecular formula is C20H16F3NO3S. The third-order valence-electron chi connectivity index (χ3n) is 4.08. The van der Waals surface area contributed by atoms with E-state index in [0.29, 0.717) is 16.1 Å². The summed E-state index contributed by atoms with van der Waals surface area (Å²) in [5, 5.41) is 8.68. The number of benzene rings is 2. The van der Waals surface area contributed by atoms with Gasteiger partial charge in [0.1, 0.15) is 13.3 Å². The lowest BCUT2D eigenvalue weighted by molar-refractivity contribution is -0.136. The van der Waals surface area contributed by atoms with Gasteiger partial charge in [0.2, 0.25) is 0 Å². The quantitative estimate of drug-likeness (QED) is 0.561. The van der Waals surface area contributed by atoms with Crippen molar-refractivity contribution in [2.24, 2.45) is 0 Å². The highest BCUT2D eigenvalue weighted by atomic mass is 32.1. The van der Waals surface area contributed by atoms with E-state index < -0.39 is 30.0 Å². The molecular weight excluding hydrogens is 391 g/mol. The van der Waals surface area contributed by atoms with Crippen LogP contribution in [0.4, 0.5) is 13.2 Å². The van der Waals surface area contributed by atoms with E-state index in [9.17, 15) is 18.0 Å². The summed E-state index contributed by atoms with van der Waals surface area (Å²) in [6.07, 6.45) is -0.234. The molecule has 8 heteroatoms. The summed E-state index contributed by atoms with van der Waals surface area (Å²) in [6.45, 7) is -1.01. The van der Waals surface area contributed by atoms with Gasteiger partial charge in [-0.05, 0) is 35.6 Å². The van der Waals surface area contributed by atoms with Gasteiger partial charge in [-0.3, -0.25) is 4.79 Å². The van der Waals surface area contributed by atoms with Gasteiger partial charge in [0, 0.05) is 17.5 Å². The van der Waals surface area contributed by atoms with Crippen molar-refractivity contribution >= 4 is 17.5 Å². The summed E-state index contributed by atoms with van der Waals surface area (Å²) in [7, 11) is 0. The van der Waals surface area contributed by atoms with Gasteiger partial charge in [0.25, 0.3) is 0 Å². The molecule has 3 aromatic rings. The lowest BCUT2D eigenvalue weighted by Crippen LogP contribution is -2.04. The molecule has 0 amide bonds. The van der Waals surface area contributed by atoms with Crippen molar-refractivity contribution in [1.29, 1.82) is 0 Å². The molecule has 0 bridgehead atoms. The van der Waals surface area contributed by atoms with Crippen LogP contribution >= 0.6 is 11.5 Å². The Morgan fingerprint density at radius 3 is 2.43 bits per heavy atom. The van der Waals surface area contributed by atoms with Crippen molar-refractivity contribution < 1.29 is 27.8 Å². The SMILES string of the molecule is O=C(O)CCc1cc(F)c(OCc2c(-c3ccccc3)nsc2CF)c(F)c1. The van der Waals surface area contributed by atoms with Crippen molar-refractivity contribution in [3.63, 3.8) is 0 Å². The van der Waals surface area contributed by atoms with Crippen LogP contribution in [0.2, 0.25) is 0 Å². The number of carboxylic acids is 1. The number of rotatable bonds is 8. The van der Waals surface area contributed by atoms with Gasteiger partial charge in [0.15, 0.2) is 17.4 Å². The molecule has 1 N–H and O–H groups in total. The number of halogens is 3. The smallest absolute Gasteiger partial charge is 0.303 e. The standard InChI is InChI=1S/C20H16F3NO3S/c21-10-17-14(19(24-28-17)13-4-2-1-3-5-13)11-27-20-15(22)8-12(9-16(20)23)6-7-18(25)26/h1-5,8-9H,6-7,10-11H2,(H,25,26). The molecule has 2 aromatic carbocycles. The molecule has 0 saturated carbocycles. The maximum absolute atomic E-state index is 14.3. The maximum atomic E-state index is 14.3. The number of ether oxygens (including phenoxy) is 1. The first-order valence-electron chi connectivity index (χ1n) is 8.41. The van der Waals surface area contributed by atoms with Crippen molar-refractivity contribution in [3.8, 4) is 17.0 Å². The van der Waals surface area contributed by atoms with Gasteiger partial charge >= 0.3 is 5.97 Å². The van der Waals surface area contributed by atoms with Crippen LogP contribution in [0.1, 0.15) is 22.4 Å². The topological polar surface area (TPSA) is 59.4 Å². The Kier molecular flexibility index (Phi) is 6.30. The zero-order valence-electron chi connectivity index (χ0n) is 14.6. The van der Waals surface area contributed by atoms with Crippen LogP contribution in [-0.4, -0.2) is 15.4 Å². The first-order chi connectivity index (χ1) is 13.5. The zero-order chi connectivity index (χ0) is 20.1. The van der Waals surface area contributed by atoms with Crippen LogP contribution in [0.25, 0.3) is 11.3 Å². The van der Waals surface area contributed by atoms with E-state index in [2.05, 4.69) is 4.37 Å². The van der Waals surface area contributed by atoms with Crippen LogP contribution in [0.15, 0.2) is 42.5 Å². The number of nitrogens with zero attached hydrogens (tertiary/aromatic N) is 1. The predicted molar refractivity (Wildman–Crippen MR) is 99.0 cm³/mol. The molecule has 28 heavy (non-hydrogen) atoms. The van der Waals surface area contributed by atoms with Crippen molar-refractivity contribution in [1.82, 2.24) is 4.37 Å².